The van der Waals surface area contributed by atoms with Crippen LogP contribution in [0.15, 0.2) is 12.1 Å². The van der Waals surface area contributed by atoms with Crippen molar-refractivity contribution in [1.82, 2.24) is 0 Å². The van der Waals surface area contributed by atoms with Gasteiger partial charge in [0.1, 0.15) is 5.82 Å². The van der Waals surface area contributed by atoms with E-state index in [0.29, 0.717) is 17.9 Å². The van der Waals surface area contributed by atoms with Crippen molar-refractivity contribution in [3.8, 4) is 5.75 Å². The van der Waals surface area contributed by atoms with Gasteiger partial charge in [0.2, 0.25) is 0 Å². The van der Waals surface area contributed by atoms with Crippen molar-refractivity contribution in [3.63, 3.8) is 0 Å². The highest BCUT2D eigenvalue weighted by atomic mass is 19.3. The summed E-state index contributed by atoms with van der Waals surface area (Å²) in [6.45, 7) is 2.09. The number of fused-ring (bicyclic) bond motifs is 4. The maximum absolute atomic E-state index is 14.4. The normalized spacial score (nSPS) is 32.0. The lowest BCUT2D eigenvalue weighted by atomic mass is 9.60. The summed E-state index contributed by atoms with van der Waals surface area (Å²) >= 11 is 0. The topological polar surface area (TPSA) is 44.5 Å². The first-order chi connectivity index (χ1) is 10.1. The zero-order chi connectivity index (χ0) is 15.0. The number of hydrogen-bond donors (Lipinski definition) is 1. The van der Waals surface area contributed by atoms with Crippen molar-refractivity contribution < 1.29 is 18.9 Å². The molecule has 2 N–H and O–H groups in total. The Morgan fingerprint density at radius 3 is 2.86 bits per heavy atom. The largest absolute Gasteiger partial charge is 0.327 e. The number of benzene rings is 1. The molecule has 0 aromatic heterocycles. The van der Waals surface area contributed by atoms with Crippen LogP contribution in [-0.2, 0) is 16.9 Å². The first-order valence-electron chi connectivity index (χ1n) is 7.60. The van der Waals surface area contributed by atoms with Crippen LogP contribution in [0.1, 0.15) is 50.2 Å². The lowest BCUT2D eigenvalue weighted by Crippen LogP contribution is -2.53. The molecule has 1 fully saturated rings. The van der Waals surface area contributed by atoms with E-state index in [1.54, 1.807) is 6.07 Å². The lowest BCUT2D eigenvalue weighted by Gasteiger charge is -2.47. The molecule has 3 nitrogen and oxygen atoms in total. The zero-order valence-corrected chi connectivity index (χ0v) is 12.2. The van der Waals surface area contributed by atoms with E-state index in [-0.39, 0.29) is 23.0 Å². The Bertz CT molecular complexity index is 537. The van der Waals surface area contributed by atoms with Crippen molar-refractivity contribution in [2.45, 2.75) is 56.9 Å². The molecule has 0 saturated heterocycles. The maximum atomic E-state index is 14.4. The van der Waals surface area contributed by atoms with E-state index in [4.69, 9.17) is 5.73 Å². The smallest absolute Gasteiger partial charge is 0.172 e. The fourth-order valence-electron chi connectivity index (χ4n) is 4.16. The molecule has 2 aliphatic rings. The van der Waals surface area contributed by atoms with Gasteiger partial charge in [-0.15, -0.1) is 0 Å². The molecule has 1 saturated carbocycles. The Morgan fingerprint density at radius 1 is 1.29 bits per heavy atom. The van der Waals surface area contributed by atoms with Gasteiger partial charge in [-0.3, -0.25) is 0 Å². The molecular formula is C16H21F2NO2. The average Bonchev–Trinajstić information content (AvgIpc) is 2.45. The Hall–Kier alpha value is -1.20. The summed E-state index contributed by atoms with van der Waals surface area (Å²) in [5.41, 5.74) is 7.77. The van der Waals surface area contributed by atoms with Gasteiger partial charge in [-0.25, -0.2) is 4.39 Å². The highest BCUT2D eigenvalue weighted by Gasteiger charge is 2.45. The van der Waals surface area contributed by atoms with E-state index >= 15 is 0 Å². The highest BCUT2D eigenvalue weighted by molar-refractivity contribution is 5.45. The molecule has 1 aromatic carbocycles. The van der Waals surface area contributed by atoms with Crippen molar-refractivity contribution in [1.29, 1.82) is 0 Å². The molecule has 1 aromatic rings. The van der Waals surface area contributed by atoms with Crippen LogP contribution in [0.3, 0.4) is 0 Å². The quantitative estimate of drug-likeness (QED) is 0.668. The fourth-order valence-corrected chi connectivity index (χ4v) is 4.16. The summed E-state index contributed by atoms with van der Waals surface area (Å²) in [6, 6.07) is 2.85. The standard InChI is InChI=1S/C16H21F2NO2/c1-16-6-4-2-3-5-10(15(16)19)7-12-13(16)8-11(20-21-18)9-14(12)17/h8-10,15H,2-7,19H2,1H3. The van der Waals surface area contributed by atoms with Crippen LogP contribution >= 0.6 is 0 Å². The molecule has 3 rings (SSSR count). The zero-order valence-electron chi connectivity index (χ0n) is 12.2. The molecule has 0 spiro atoms. The van der Waals surface area contributed by atoms with Gasteiger partial charge in [-0.1, -0.05) is 26.2 Å². The van der Waals surface area contributed by atoms with E-state index in [0.717, 1.165) is 31.2 Å². The molecule has 0 amide bonds. The minimum absolute atomic E-state index is 0.00811. The summed E-state index contributed by atoms with van der Waals surface area (Å²) in [7, 11) is 0. The Balaban J connectivity index is 2.11. The minimum atomic E-state index is -0.358. The van der Waals surface area contributed by atoms with Gasteiger partial charge in [-0.2, -0.15) is 0 Å². The van der Waals surface area contributed by atoms with E-state index < -0.39 is 0 Å². The average molecular weight is 297 g/mol. The van der Waals surface area contributed by atoms with E-state index in [1.807, 2.05) is 0 Å². The highest BCUT2D eigenvalue weighted by Crippen LogP contribution is 2.47. The Labute approximate surface area is 123 Å². The molecule has 0 aliphatic heterocycles. The van der Waals surface area contributed by atoms with E-state index in [9.17, 15) is 8.92 Å². The third-order valence-corrected chi connectivity index (χ3v) is 5.39. The van der Waals surface area contributed by atoms with Crippen molar-refractivity contribution in [3.05, 3.63) is 29.1 Å². The molecule has 3 unspecified atom stereocenters. The van der Waals surface area contributed by atoms with Crippen LogP contribution in [0.5, 0.6) is 5.75 Å². The second kappa shape index (κ2) is 5.54. The number of hydrogen-bond acceptors (Lipinski definition) is 3. The predicted molar refractivity (Wildman–Crippen MR) is 74.8 cm³/mol. The third-order valence-electron chi connectivity index (χ3n) is 5.39. The SMILES string of the molecule is CC12CCCCCC(Cc3c(F)cc(OOF)cc31)C2N. The summed E-state index contributed by atoms with van der Waals surface area (Å²) in [6.07, 6.45) is 6.01. The van der Waals surface area contributed by atoms with E-state index in [1.165, 1.54) is 12.5 Å². The molecule has 2 aliphatic carbocycles. The van der Waals surface area contributed by atoms with Crippen molar-refractivity contribution >= 4 is 0 Å². The number of halogens is 2. The molecule has 2 bridgehead atoms. The third kappa shape index (κ3) is 2.42. The van der Waals surface area contributed by atoms with Crippen LogP contribution in [-0.4, -0.2) is 6.04 Å². The number of nitrogens with two attached hydrogens (primary N) is 1. The molecule has 0 radical (unpaired) electrons. The van der Waals surface area contributed by atoms with Gasteiger partial charge in [0.05, 0.1) is 0 Å². The van der Waals surface area contributed by atoms with Crippen molar-refractivity contribution in [2.24, 2.45) is 11.7 Å². The van der Waals surface area contributed by atoms with Gasteiger partial charge in [0, 0.05) is 22.6 Å². The summed E-state index contributed by atoms with van der Waals surface area (Å²) in [5.74, 6) is -0.00701. The van der Waals surface area contributed by atoms with Gasteiger partial charge >= 0.3 is 0 Å². The lowest BCUT2D eigenvalue weighted by molar-refractivity contribution is -0.367. The Morgan fingerprint density at radius 2 is 2.10 bits per heavy atom. The predicted octanol–water partition coefficient (Wildman–Crippen LogP) is 3.74. The van der Waals surface area contributed by atoms with Crippen molar-refractivity contribution in [2.75, 3.05) is 0 Å². The summed E-state index contributed by atoms with van der Waals surface area (Å²) in [4.78, 5) is 4.38. The maximum Gasteiger partial charge on any atom is 0.172 e. The van der Waals surface area contributed by atoms with Gasteiger partial charge in [-0.05, 0) is 46.9 Å². The van der Waals surface area contributed by atoms with E-state index in [2.05, 4.69) is 16.9 Å². The monoisotopic (exact) mass is 297 g/mol. The van der Waals surface area contributed by atoms with Gasteiger partial charge in [0.25, 0.3) is 0 Å². The van der Waals surface area contributed by atoms with Gasteiger partial charge in [0.15, 0.2) is 5.75 Å². The molecule has 21 heavy (non-hydrogen) atoms. The second-order valence-electron chi connectivity index (χ2n) is 6.58. The van der Waals surface area contributed by atoms with Gasteiger partial charge < -0.3 is 10.6 Å². The van der Waals surface area contributed by atoms with Crippen LogP contribution in [0.25, 0.3) is 0 Å². The molecule has 5 heteroatoms. The summed E-state index contributed by atoms with van der Waals surface area (Å²) in [5, 5.41) is 3.18. The van der Waals surface area contributed by atoms with Crippen LogP contribution in [0.4, 0.5) is 8.92 Å². The molecule has 0 heterocycles. The van der Waals surface area contributed by atoms with Crippen LogP contribution in [0, 0.1) is 11.7 Å². The summed E-state index contributed by atoms with van der Waals surface area (Å²) < 4.78 is 26.3. The molecule has 3 atom stereocenters. The first kappa shape index (κ1) is 14.7. The first-order valence-corrected chi connectivity index (χ1v) is 7.60. The number of rotatable bonds is 2. The Kier molecular flexibility index (Phi) is 3.88. The fraction of sp³-hybridized carbons (Fsp3) is 0.625. The second-order valence-corrected chi connectivity index (χ2v) is 6.58. The van der Waals surface area contributed by atoms with Crippen LogP contribution in [0.2, 0.25) is 0 Å². The van der Waals surface area contributed by atoms with Crippen LogP contribution < -0.4 is 10.6 Å². The molecular weight excluding hydrogens is 276 g/mol. The minimum Gasteiger partial charge on any atom is -0.327 e. The molecule has 116 valence electrons.